The Morgan fingerprint density at radius 3 is 2.68 bits per heavy atom. The first-order chi connectivity index (χ1) is 9.23. The van der Waals surface area contributed by atoms with Gasteiger partial charge in [-0.1, -0.05) is 25.5 Å². The van der Waals surface area contributed by atoms with Gasteiger partial charge in [0.15, 0.2) is 0 Å². The van der Waals surface area contributed by atoms with Crippen LogP contribution in [0.4, 0.5) is 0 Å². The highest BCUT2D eigenvalue weighted by Gasteiger charge is 2.35. The van der Waals surface area contributed by atoms with Crippen LogP contribution in [-0.4, -0.2) is 25.4 Å². The molecule has 0 radical (unpaired) electrons. The first kappa shape index (κ1) is 14.4. The number of benzene rings is 1. The SMILES string of the molecule is CCc1cc(CNCC2(CO)CCC2)ccc1OC. The number of nitrogens with one attached hydrogen (secondary N) is 1. The highest BCUT2D eigenvalue weighted by atomic mass is 16.5. The second kappa shape index (κ2) is 6.40. The highest BCUT2D eigenvalue weighted by Crippen LogP contribution is 2.39. The maximum Gasteiger partial charge on any atom is 0.122 e. The molecule has 1 saturated carbocycles. The van der Waals surface area contributed by atoms with E-state index in [1.54, 1.807) is 7.11 Å². The third-order valence-corrected chi connectivity index (χ3v) is 4.30. The van der Waals surface area contributed by atoms with Crippen LogP contribution < -0.4 is 10.1 Å². The summed E-state index contributed by atoms with van der Waals surface area (Å²) in [7, 11) is 1.72. The van der Waals surface area contributed by atoms with Crippen LogP contribution in [-0.2, 0) is 13.0 Å². The third kappa shape index (κ3) is 3.28. The number of ether oxygens (including phenoxy) is 1. The van der Waals surface area contributed by atoms with Gasteiger partial charge in [-0.15, -0.1) is 0 Å². The van der Waals surface area contributed by atoms with E-state index in [1.165, 1.54) is 17.5 Å². The fourth-order valence-electron chi connectivity index (χ4n) is 2.76. The van der Waals surface area contributed by atoms with Crippen molar-refractivity contribution >= 4 is 0 Å². The average Bonchev–Trinajstić information content (AvgIpc) is 2.41. The van der Waals surface area contributed by atoms with Gasteiger partial charge in [-0.3, -0.25) is 0 Å². The van der Waals surface area contributed by atoms with Gasteiger partial charge in [0, 0.05) is 25.1 Å². The first-order valence-corrected chi connectivity index (χ1v) is 7.20. The Hall–Kier alpha value is -1.06. The molecule has 0 spiro atoms. The number of aryl methyl sites for hydroxylation is 1. The second-order valence-corrected chi connectivity index (χ2v) is 5.61. The van der Waals surface area contributed by atoms with E-state index in [4.69, 9.17) is 4.74 Å². The van der Waals surface area contributed by atoms with Gasteiger partial charge < -0.3 is 15.2 Å². The molecule has 1 fully saturated rings. The number of hydrogen-bond donors (Lipinski definition) is 2. The molecule has 2 N–H and O–H groups in total. The molecular formula is C16H25NO2. The zero-order valence-corrected chi connectivity index (χ0v) is 12.0. The number of hydrogen-bond acceptors (Lipinski definition) is 3. The minimum atomic E-state index is 0.153. The summed E-state index contributed by atoms with van der Waals surface area (Å²) in [5.41, 5.74) is 2.69. The molecule has 0 atom stereocenters. The van der Waals surface area contributed by atoms with Gasteiger partial charge in [0.1, 0.15) is 5.75 Å². The molecule has 3 heteroatoms. The summed E-state index contributed by atoms with van der Waals surface area (Å²) in [5, 5.41) is 12.9. The second-order valence-electron chi connectivity index (χ2n) is 5.61. The van der Waals surface area contributed by atoms with Crippen LogP contribution in [0.25, 0.3) is 0 Å². The van der Waals surface area contributed by atoms with Gasteiger partial charge in [0.25, 0.3) is 0 Å². The van der Waals surface area contributed by atoms with Crippen molar-refractivity contribution < 1.29 is 9.84 Å². The van der Waals surface area contributed by atoms with Crippen molar-refractivity contribution in [3.05, 3.63) is 29.3 Å². The van der Waals surface area contributed by atoms with E-state index in [0.717, 1.165) is 38.1 Å². The first-order valence-electron chi connectivity index (χ1n) is 7.20. The van der Waals surface area contributed by atoms with Gasteiger partial charge in [0.05, 0.1) is 7.11 Å². The molecule has 1 aliphatic carbocycles. The van der Waals surface area contributed by atoms with Gasteiger partial charge in [-0.25, -0.2) is 0 Å². The summed E-state index contributed by atoms with van der Waals surface area (Å²) in [6.07, 6.45) is 4.54. The summed E-state index contributed by atoms with van der Waals surface area (Å²) in [4.78, 5) is 0. The Balaban J connectivity index is 1.89. The molecule has 0 aliphatic heterocycles. The van der Waals surface area contributed by atoms with Gasteiger partial charge in [-0.05, 0) is 36.5 Å². The summed E-state index contributed by atoms with van der Waals surface area (Å²) < 4.78 is 5.34. The molecule has 0 unspecified atom stereocenters. The zero-order valence-electron chi connectivity index (χ0n) is 12.0. The lowest BCUT2D eigenvalue weighted by Gasteiger charge is -2.40. The van der Waals surface area contributed by atoms with Crippen molar-refractivity contribution in [3.63, 3.8) is 0 Å². The molecule has 0 heterocycles. The Labute approximate surface area is 116 Å². The van der Waals surface area contributed by atoms with E-state index in [1.807, 2.05) is 6.07 Å². The Morgan fingerprint density at radius 1 is 1.37 bits per heavy atom. The van der Waals surface area contributed by atoms with E-state index in [9.17, 15) is 5.11 Å². The average molecular weight is 263 g/mol. The number of aliphatic hydroxyl groups excluding tert-OH is 1. The Morgan fingerprint density at radius 2 is 2.16 bits per heavy atom. The van der Waals surface area contributed by atoms with Crippen molar-refractivity contribution in [3.8, 4) is 5.75 Å². The summed E-state index contributed by atoms with van der Waals surface area (Å²) in [5.74, 6) is 0.970. The quantitative estimate of drug-likeness (QED) is 0.794. The fraction of sp³-hybridized carbons (Fsp3) is 0.625. The molecule has 1 aliphatic rings. The molecule has 0 saturated heterocycles. The molecule has 106 valence electrons. The van der Waals surface area contributed by atoms with Crippen LogP contribution in [0, 0.1) is 5.41 Å². The summed E-state index contributed by atoms with van der Waals surface area (Å²) >= 11 is 0. The predicted octanol–water partition coefficient (Wildman–Crippen LogP) is 2.51. The molecule has 1 aromatic carbocycles. The molecule has 19 heavy (non-hydrogen) atoms. The monoisotopic (exact) mass is 263 g/mol. The van der Waals surface area contributed by atoms with Crippen LogP contribution in [0.15, 0.2) is 18.2 Å². The molecule has 0 aromatic heterocycles. The molecule has 1 aromatic rings. The van der Waals surface area contributed by atoms with Gasteiger partial charge >= 0.3 is 0 Å². The molecule has 0 bridgehead atoms. The normalized spacial score (nSPS) is 17.0. The van der Waals surface area contributed by atoms with E-state index >= 15 is 0 Å². The van der Waals surface area contributed by atoms with E-state index in [2.05, 4.69) is 24.4 Å². The Kier molecular flexibility index (Phi) is 4.83. The van der Waals surface area contributed by atoms with Gasteiger partial charge in [0.2, 0.25) is 0 Å². The third-order valence-electron chi connectivity index (χ3n) is 4.30. The molecule has 2 rings (SSSR count). The van der Waals surface area contributed by atoms with Crippen molar-refractivity contribution in [2.75, 3.05) is 20.3 Å². The lowest BCUT2D eigenvalue weighted by molar-refractivity contribution is 0.0445. The maximum atomic E-state index is 9.43. The van der Waals surface area contributed by atoms with Crippen molar-refractivity contribution in [2.45, 2.75) is 39.2 Å². The van der Waals surface area contributed by atoms with E-state index < -0.39 is 0 Å². The number of aliphatic hydroxyl groups is 1. The van der Waals surface area contributed by atoms with Gasteiger partial charge in [-0.2, -0.15) is 0 Å². The smallest absolute Gasteiger partial charge is 0.122 e. The number of methoxy groups -OCH3 is 1. The standard InChI is InChI=1S/C16H25NO2/c1-3-14-9-13(5-6-15(14)19-2)10-17-11-16(12-18)7-4-8-16/h5-6,9,17-18H,3-4,7-8,10-12H2,1-2H3. The fourth-order valence-corrected chi connectivity index (χ4v) is 2.76. The topological polar surface area (TPSA) is 41.5 Å². The van der Waals surface area contributed by atoms with E-state index in [-0.39, 0.29) is 5.41 Å². The summed E-state index contributed by atoms with van der Waals surface area (Å²) in [6, 6.07) is 6.36. The zero-order chi connectivity index (χ0) is 13.7. The lowest BCUT2D eigenvalue weighted by atomic mass is 9.69. The Bertz CT molecular complexity index is 408. The summed E-state index contributed by atoms with van der Waals surface area (Å²) in [6.45, 7) is 4.22. The minimum Gasteiger partial charge on any atom is -0.496 e. The largest absolute Gasteiger partial charge is 0.496 e. The molecule has 3 nitrogen and oxygen atoms in total. The van der Waals surface area contributed by atoms with E-state index in [0.29, 0.717) is 6.61 Å². The molecular weight excluding hydrogens is 238 g/mol. The van der Waals surface area contributed by atoms with Crippen LogP contribution in [0.3, 0.4) is 0 Å². The van der Waals surface area contributed by atoms with Crippen molar-refractivity contribution in [2.24, 2.45) is 5.41 Å². The minimum absolute atomic E-state index is 0.153. The van der Waals surface area contributed by atoms with Crippen molar-refractivity contribution in [1.29, 1.82) is 0 Å². The maximum absolute atomic E-state index is 9.43. The van der Waals surface area contributed by atoms with Crippen LogP contribution in [0.2, 0.25) is 0 Å². The van der Waals surface area contributed by atoms with Crippen LogP contribution in [0.1, 0.15) is 37.3 Å². The lowest BCUT2D eigenvalue weighted by Crippen LogP contribution is -2.42. The number of rotatable bonds is 7. The highest BCUT2D eigenvalue weighted by molar-refractivity contribution is 5.37. The predicted molar refractivity (Wildman–Crippen MR) is 77.4 cm³/mol. The van der Waals surface area contributed by atoms with Crippen molar-refractivity contribution in [1.82, 2.24) is 5.32 Å². The van der Waals surface area contributed by atoms with Crippen LogP contribution >= 0.6 is 0 Å². The molecule has 0 amide bonds. The van der Waals surface area contributed by atoms with Crippen LogP contribution in [0.5, 0.6) is 5.75 Å².